The van der Waals surface area contributed by atoms with Crippen molar-refractivity contribution in [2.75, 3.05) is 6.61 Å². The molecule has 2 N–H and O–H groups in total. The highest BCUT2D eigenvalue weighted by atomic mass is 16.3. The van der Waals surface area contributed by atoms with Crippen LogP contribution in [0.15, 0.2) is 54.9 Å². The monoisotopic (exact) mass is 337 g/mol. The molecule has 3 rings (SSSR count). The van der Waals surface area contributed by atoms with Gasteiger partial charge in [0, 0.05) is 6.04 Å². The Morgan fingerprint density at radius 1 is 1.04 bits per heavy atom. The van der Waals surface area contributed by atoms with E-state index in [1.807, 2.05) is 24.3 Å². The molecule has 0 saturated heterocycles. The molecule has 1 heterocycles. The van der Waals surface area contributed by atoms with Crippen LogP contribution in [0.25, 0.3) is 5.69 Å². The number of tetrazole rings is 1. The summed E-state index contributed by atoms with van der Waals surface area (Å²) < 4.78 is 1.62. The number of nitrogens with zero attached hydrogens (tertiary/aromatic N) is 4. The SMILES string of the molecule is CCc1ccc(C(CO)NC(C)c2ccc(-n3cnnn3)cc2)cc1. The highest BCUT2D eigenvalue weighted by Crippen LogP contribution is 2.21. The third-order valence-corrected chi connectivity index (χ3v) is 4.43. The molecule has 0 fully saturated rings. The van der Waals surface area contributed by atoms with Gasteiger partial charge < -0.3 is 10.4 Å². The summed E-state index contributed by atoms with van der Waals surface area (Å²) in [6.07, 6.45) is 2.58. The molecule has 0 aliphatic rings. The molecule has 0 radical (unpaired) electrons. The Bertz CT molecular complexity index is 769. The summed E-state index contributed by atoms with van der Waals surface area (Å²) in [5.74, 6) is 0. The van der Waals surface area contributed by atoms with Crippen LogP contribution in [0.3, 0.4) is 0 Å². The first kappa shape index (κ1) is 17.3. The third-order valence-electron chi connectivity index (χ3n) is 4.43. The Kier molecular flexibility index (Phi) is 5.53. The summed E-state index contributed by atoms with van der Waals surface area (Å²) in [6, 6.07) is 16.5. The van der Waals surface area contributed by atoms with Crippen LogP contribution in [0.4, 0.5) is 0 Å². The normalized spacial score (nSPS) is 13.6. The molecule has 1 aromatic heterocycles. The molecule has 0 saturated carbocycles. The van der Waals surface area contributed by atoms with Crippen molar-refractivity contribution in [1.82, 2.24) is 25.5 Å². The average molecular weight is 337 g/mol. The zero-order valence-electron chi connectivity index (χ0n) is 14.5. The van der Waals surface area contributed by atoms with Crippen molar-refractivity contribution < 1.29 is 5.11 Å². The van der Waals surface area contributed by atoms with Crippen molar-refractivity contribution in [3.05, 3.63) is 71.5 Å². The summed E-state index contributed by atoms with van der Waals surface area (Å²) in [4.78, 5) is 0. The molecule has 0 aliphatic carbocycles. The standard InChI is InChI=1S/C19H23N5O/c1-3-15-4-6-17(7-5-15)19(12-25)21-14(2)16-8-10-18(11-9-16)24-13-20-22-23-24/h4-11,13-14,19,21,25H,3,12H2,1-2H3. The van der Waals surface area contributed by atoms with Gasteiger partial charge in [-0.15, -0.1) is 5.10 Å². The molecule has 6 nitrogen and oxygen atoms in total. The fraction of sp³-hybridized carbons (Fsp3) is 0.316. The second-order valence-electron chi connectivity index (χ2n) is 6.06. The number of hydrogen-bond donors (Lipinski definition) is 2. The lowest BCUT2D eigenvalue weighted by atomic mass is 10.0. The van der Waals surface area contributed by atoms with Crippen LogP contribution in [-0.4, -0.2) is 31.9 Å². The third kappa shape index (κ3) is 4.10. The summed E-state index contributed by atoms with van der Waals surface area (Å²) in [5.41, 5.74) is 4.44. The molecular weight excluding hydrogens is 314 g/mol. The van der Waals surface area contributed by atoms with Crippen molar-refractivity contribution >= 4 is 0 Å². The van der Waals surface area contributed by atoms with Gasteiger partial charge in [-0.2, -0.15) is 0 Å². The summed E-state index contributed by atoms with van der Waals surface area (Å²) >= 11 is 0. The van der Waals surface area contributed by atoms with Gasteiger partial charge in [-0.1, -0.05) is 43.3 Å². The van der Waals surface area contributed by atoms with Crippen molar-refractivity contribution in [2.24, 2.45) is 0 Å². The first-order valence-corrected chi connectivity index (χ1v) is 8.50. The second-order valence-corrected chi connectivity index (χ2v) is 6.06. The van der Waals surface area contributed by atoms with Crippen LogP contribution in [0.1, 0.15) is 42.6 Å². The van der Waals surface area contributed by atoms with Crippen molar-refractivity contribution in [3.63, 3.8) is 0 Å². The van der Waals surface area contributed by atoms with E-state index in [2.05, 4.69) is 59.0 Å². The van der Waals surface area contributed by atoms with E-state index < -0.39 is 0 Å². The molecule has 3 aromatic rings. The molecular formula is C19H23N5O. The lowest BCUT2D eigenvalue weighted by Crippen LogP contribution is -2.27. The zero-order valence-corrected chi connectivity index (χ0v) is 14.5. The highest BCUT2D eigenvalue weighted by Gasteiger charge is 2.15. The van der Waals surface area contributed by atoms with Gasteiger partial charge in [0.25, 0.3) is 0 Å². The number of hydrogen-bond acceptors (Lipinski definition) is 5. The molecule has 2 unspecified atom stereocenters. The first-order valence-electron chi connectivity index (χ1n) is 8.50. The van der Waals surface area contributed by atoms with Gasteiger partial charge in [0.15, 0.2) is 0 Å². The smallest absolute Gasteiger partial charge is 0.143 e. The van der Waals surface area contributed by atoms with Crippen molar-refractivity contribution in [1.29, 1.82) is 0 Å². The first-order chi connectivity index (χ1) is 12.2. The number of aliphatic hydroxyl groups excluding tert-OH is 1. The van der Waals surface area contributed by atoms with Crippen LogP contribution in [0, 0.1) is 0 Å². The average Bonchev–Trinajstić information content (AvgIpc) is 3.21. The van der Waals surface area contributed by atoms with Crippen LogP contribution >= 0.6 is 0 Å². The number of nitrogens with one attached hydrogen (secondary N) is 1. The quantitative estimate of drug-likeness (QED) is 0.693. The van der Waals surface area contributed by atoms with Crippen LogP contribution in [0.2, 0.25) is 0 Å². The largest absolute Gasteiger partial charge is 0.394 e. The fourth-order valence-electron chi connectivity index (χ4n) is 2.83. The molecule has 0 bridgehead atoms. The fourth-order valence-corrected chi connectivity index (χ4v) is 2.83. The van der Waals surface area contributed by atoms with Gasteiger partial charge in [-0.3, -0.25) is 0 Å². The van der Waals surface area contributed by atoms with Gasteiger partial charge in [-0.25, -0.2) is 4.68 Å². The summed E-state index contributed by atoms with van der Waals surface area (Å²) in [5, 5.41) is 24.4. The molecule has 2 atom stereocenters. The van der Waals surface area contributed by atoms with E-state index in [1.165, 1.54) is 5.56 Å². The Balaban J connectivity index is 1.69. The highest BCUT2D eigenvalue weighted by molar-refractivity contribution is 5.34. The molecule has 130 valence electrons. The molecule has 6 heteroatoms. The van der Waals surface area contributed by atoms with Crippen molar-refractivity contribution in [3.8, 4) is 5.69 Å². The van der Waals surface area contributed by atoms with Crippen LogP contribution in [-0.2, 0) is 6.42 Å². The zero-order chi connectivity index (χ0) is 17.6. The van der Waals surface area contributed by atoms with E-state index >= 15 is 0 Å². The lowest BCUT2D eigenvalue weighted by molar-refractivity contribution is 0.235. The van der Waals surface area contributed by atoms with Crippen LogP contribution in [0.5, 0.6) is 0 Å². The summed E-state index contributed by atoms with van der Waals surface area (Å²) in [7, 11) is 0. The van der Waals surface area contributed by atoms with Gasteiger partial charge in [0.2, 0.25) is 0 Å². The predicted molar refractivity (Wildman–Crippen MR) is 96.4 cm³/mol. The van der Waals surface area contributed by atoms with E-state index in [9.17, 15) is 5.11 Å². The van der Waals surface area contributed by atoms with E-state index in [0.29, 0.717) is 0 Å². The van der Waals surface area contributed by atoms with Gasteiger partial charge in [-0.05, 0) is 52.6 Å². The minimum Gasteiger partial charge on any atom is -0.394 e. The van der Waals surface area contributed by atoms with Gasteiger partial charge in [0.1, 0.15) is 6.33 Å². The Morgan fingerprint density at radius 3 is 2.28 bits per heavy atom. The van der Waals surface area contributed by atoms with E-state index in [1.54, 1.807) is 11.0 Å². The molecule has 0 aliphatic heterocycles. The topological polar surface area (TPSA) is 75.9 Å². The number of benzene rings is 2. The van der Waals surface area contributed by atoms with E-state index in [4.69, 9.17) is 0 Å². The number of aliphatic hydroxyl groups is 1. The lowest BCUT2D eigenvalue weighted by Gasteiger charge is -2.23. The van der Waals surface area contributed by atoms with E-state index in [0.717, 1.165) is 23.2 Å². The molecule has 25 heavy (non-hydrogen) atoms. The van der Waals surface area contributed by atoms with E-state index in [-0.39, 0.29) is 18.7 Å². The summed E-state index contributed by atoms with van der Waals surface area (Å²) in [6.45, 7) is 4.28. The minimum absolute atomic E-state index is 0.0541. The number of aromatic nitrogens is 4. The Labute approximate surface area is 147 Å². The van der Waals surface area contributed by atoms with Gasteiger partial charge >= 0.3 is 0 Å². The number of aryl methyl sites for hydroxylation is 1. The maximum Gasteiger partial charge on any atom is 0.143 e. The minimum atomic E-state index is -0.0971. The molecule has 2 aromatic carbocycles. The maximum absolute atomic E-state index is 9.78. The van der Waals surface area contributed by atoms with Crippen molar-refractivity contribution in [2.45, 2.75) is 32.4 Å². The van der Waals surface area contributed by atoms with Gasteiger partial charge in [0.05, 0.1) is 18.3 Å². The predicted octanol–water partition coefficient (Wildman–Crippen LogP) is 2.61. The maximum atomic E-state index is 9.78. The molecule has 0 spiro atoms. The second kappa shape index (κ2) is 8.00. The Morgan fingerprint density at radius 2 is 1.72 bits per heavy atom. The Hall–Kier alpha value is -2.57. The number of rotatable bonds is 7. The van der Waals surface area contributed by atoms with Crippen LogP contribution < -0.4 is 5.32 Å². The molecule has 0 amide bonds.